The summed E-state index contributed by atoms with van der Waals surface area (Å²) in [4.78, 5) is 12.5. The average molecular weight is 342 g/mol. The topological polar surface area (TPSA) is 59.6 Å². The number of nitrogens with one attached hydrogen (secondary N) is 2. The molecule has 0 unspecified atom stereocenters. The van der Waals surface area contributed by atoms with Gasteiger partial charge in [0, 0.05) is 0 Å². The third-order valence-electron chi connectivity index (χ3n) is 3.92. The van der Waals surface area contributed by atoms with E-state index < -0.39 is 0 Å². The zero-order valence-corrected chi connectivity index (χ0v) is 15.7. The van der Waals surface area contributed by atoms with Crippen LogP contribution in [-0.4, -0.2) is 20.3 Å². The largest absolute Gasteiger partial charge is 0.495 e. The summed E-state index contributed by atoms with van der Waals surface area (Å²) >= 11 is 0. The Morgan fingerprint density at radius 3 is 1.92 bits per heavy atom. The number of carbonyl (C=O) groups is 1. The summed E-state index contributed by atoms with van der Waals surface area (Å²) in [5.41, 5.74) is 3.35. The van der Waals surface area contributed by atoms with Gasteiger partial charge in [-0.05, 0) is 47.7 Å². The monoisotopic (exact) mass is 342 g/mol. The standard InChI is InChI=1S/C20H26N2O3/c1-13-7-9-17(24-5)15(11-13)21-19(23)22-16-12-14(20(2,3)4)8-10-18(16)25-6/h7-12H,1-6H3,(H2,21,22,23). The van der Waals surface area contributed by atoms with Gasteiger partial charge in [-0.3, -0.25) is 0 Å². The van der Waals surface area contributed by atoms with Crippen LogP contribution in [0.3, 0.4) is 0 Å². The number of ether oxygens (including phenoxy) is 2. The van der Waals surface area contributed by atoms with Crippen LogP contribution in [0.5, 0.6) is 11.5 Å². The molecule has 0 heterocycles. The van der Waals surface area contributed by atoms with Gasteiger partial charge in [-0.2, -0.15) is 0 Å². The lowest BCUT2D eigenvalue weighted by atomic mass is 9.87. The van der Waals surface area contributed by atoms with Crippen LogP contribution in [0.2, 0.25) is 0 Å². The van der Waals surface area contributed by atoms with Crippen molar-refractivity contribution in [3.8, 4) is 11.5 Å². The molecule has 0 aliphatic heterocycles. The number of amides is 2. The number of hydrogen-bond acceptors (Lipinski definition) is 3. The van der Waals surface area contributed by atoms with Crippen LogP contribution in [0, 0.1) is 6.92 Å². The Morgan fingerprint density at radius 1 is 0.880 bits per heavy atom. The molecule has 5 heteroatoms. The van der Waals surface area contributed by atoms with Crippen molar-refractivity contribution in [1.82, 2.24) is 0 Å². The minimum absolute atomic E-state index is 0.0288. The molecule has 0 saturated carbocycles. The zero-order chi connectivity index (χ0) is 18.6. The maximum absolute atomic E-state index is 12.5. The fourth-order valence-electron chi connectivity index (χ4n) is 2.47. The molecule has 0 aliphatic carbocycles. The highest BCUT2D eigenvalue weighted by Crippen LogP contribution is 2.32. The summed E-state index contributed by atoms with van der Waals surface area (Å²) < 4.78 is 10.7. The first-order chi connectivity index (χ1) is 11.7. The highest BCUT2D eigenvalue weighted by atomic mass is 16.5. The van der Waals surface area contributed by atoms with Gasteiger partial charge in [0.15, 0.2) is 0 Å². The van der Waals surface area contributed by atoms with Gasteiger partial charge in [0.1, 0.15) is 11.5 Å². The van der Waals surface area contributed by atoms with Gasteiger partial charge in [0.2, 0.25) is 0 Å². The van der Waals surface area contributed by atoms with E-state index in [1.165, 1.54) is 0 Å². The van der Waals surface area contributed by atoms with Crippen molar-refractivity contribution in [3.63, 3.8) is 0 Å². The van der Waals surface area contributed by atoms with E-state index in [2.05, 4.69) is 31.4 Å². The Kier molecular flexibility index (Phi) is 5.57. The summed E-state index contributed by atoms with van der Waals surface area (Å²) in [6.45, 7) is 8.32. The molecule has 134 valence electrons. The predicted octanol–water partition coefficient (Wildman–Crippen LogP) is 4.95. The lowest BCUT2D eigenvalue weighted by Gasteiger charge is -2.21. The summed E-state index contributed by atoms with van der Waals surface area (Å²) in [5.74, 6) is 1.22. The molecule has 0 aromatic heterocycles. The number of methoxy groups -OCH3 is 2. The molecule has 2 amide bonds. The number of hydrogen-bond donors (Lipinski definition) is 2. The number of carbonyl (C=O) groups excluding carboxylic acids is 1. The van der Waals surface area contributed by atoms with Crippen LogP contribution < -0.4 is 20.1 Å². The van der Waals surface area contributed by atoms with E-state index in [9.17, 15) is 4.79 Å². The lowest BCUT2D eigenvalue weighted by molar-refractivity contribution is 0.262. The zero-order valence-electron chi connectivity index (χ0n) is 15.7. The number of urea groups is 1. The maximum Gasteiger partial charge on any atom is 0.323 e. The van der Waals surface area contributed by atoms with Crippen molar-refractivity contribution in [3.05, 3.63) is 47.5 Å². The first kappa shape index (κ1) is 18.6. The highest BCUT2D eigenvalue weighted by molar-refractivity contribution is 6.01. The number of benzene rings is 2. The van der Waals surface area contributed by atoms with E-state index in [4.69, 9.17) is 9.47 Å². The summed E-state index contributed by atoms with van der Waals surface area (Å²) in [6.07, 6.45) is 0. The number of anilines is 2. The second kappa shape index (κ2) is 7.47. The molecular weight excluding hydrogens is 316 g/mol. The fraction of sp³-hybridized carbons (Fsp3) is 0.350. The lowest BCUT2D eigenvalue weighted by Crippen LogP contribution is -2.21. The summed E-state index contributed by atoms with van der Waals surface area (Å²) in [6, 6.07) is 11.1. The van der Waals surface area contributed by atoms with Crippen molar-refractivity contribution in [1.29, 1.82) is 0 Å². The smallest absolute Gasteiger partial charge is 0.323 e. The Bertz CT molecular complexity index is 764. The normalized spacial score (nSPS) is 11.0. The van der Waals surface area contributed by atoms with Gasteiger partial charge in [-0.25, -0.2) is 4.79 Å². The minimum atomic E-state index is -0.353. The van der Waals surface area contributed by atoms with E-state index in [-0.39, 0.29) is 11.4 Å². The Hall–Kier alpha value is -2.69. The minimum Gasteiger partial charge on any atom is -0.495 e. The van der Waals surface area contributed by atoms with E-state index in [1.54, 1.807) is 14.2 Å². The third-order valence-corrected chi connectivity index (χ3v) is 3.92. The molecular formula is C20H26N2O3. The van der Waals surface area contributed by atoms with Crippen LogP contribution in [-0.2, 0) is 5.41 Å². The first-order valence-electron chi connectivity index (χ1n) is 8.15. The molecule has 0 radical (unpaired) electrons. The van der Waals surface area contributed by atoms with Crippen LogP contribution in [0.25, 0.3) is 0 Å². The second-order valence-electron chi connectivity index (χ2n) is 6.95. The van der Waals surface area contributed by atoms with Gasteiger partial charge in [-0.1, -0.05) is 32.9 Å². The molecule has 25 heavy (non-hydrogen) atoms. The van der Waals surface area contributed by atoms with Crippen molar-refractivity contribution in [2.24, 2.45) is 0 Å². The molecule has 0 spiro atoms. The average Bonchev–Trinajstić information content (AvgIpc) is 2.54. The fourth-order valence-corrected chi connectivity index (χ4v) is 2.47. The van der Waals surface area contributed by atoms with Crippen molar-refractivity contribution >= 4 is 17.4 Å². The van der Waals surface area contributed by atoms with E-state index in [1.807, 2.05) is 43.3 Å². The molecule has 5 nitrogen and oxygen atoms in total. The molecule has 2 N–H and O–H groups in total. The predicted molar refractivity (Wildman–Crippen MR) is 102 cm³/mol. The van der Waals surface area contributed by atoms with E-state index >= 15 is 0 Å². The molecule has 0 bridgehead atoms. The molecule has 0 saturated heterocycles. The molecule has 2 rings (SSSR count). The Morgan fingerprint density at radius 2 is 1.40 bits per heavy atom. The highest BCUT2D eigenvalue weighted by Gasteiger charge is 2.17. The quantitative estimate of drug-likeness (QED) is 0.826. The van der Waals surface area contributed by atoms with Gasteiger partial charge in [0.05, 0.1) is 25.6 Å². The van der Waals surface area contributed by atoms with Gasteiger partial charge >= 0.3 is 6.03 Å². The Balaban J connectivity index is 2.24. The molecule has 2 aromatic carbocycles. The summed E-state index contributed by atoms with van der Waals surface area (Å²) in [7, 11) is 3.16. The van der Waals surface area contributed by atoms with Gasteiger partial charge in [0.25, 0.3) is 0 Å². The first-order valence-corrected chi connectivity index (χ1v) is 8.15. The van der Waals surface area contributed by atoms with Crippen molar-refractivity contribution in [2.75, 3.05) is 24.9 Å². The number of rotatable bonds is 4. The van der Waals surface area contributed by atoms with Crippen molar-refractivity contribution in [2.45, 2.75) is 33.1 Å². The van der Waals surface area contributed by atoms with Crippen molar-refractivity contribution < 1.29 is 14.3 Å². The maximum atomic E-state index is 12.5. The Labute approximate surface area is 149 Å². The van der Waals surface area contributed by atoms with E-state index in [0.29, 0.717) is 22.9 Å². The van der Waals surface area contributed by atoms with Crippen LogP contribution in [0.15, 0.2) is 36.4 Å². The van der Waals surface area contributed by atoms with Crippen LogP contribution in [0.1, 0.15) is 31.9 Å². The summed E-state index contributed by atoms with van der Waals surface area (Å²) in [5, 5.41) is 5.69. The number of aryl methyl sites for hydroxylation is 1. The second-order valence-corrected chi connectivity index (χ2v) is 6.95. The molecule has 0 fully saturated rings. The SMILES string of the molecule is COc1ccc(C)cc1NC(=O)Nc1cc(C(C)(C)C)ccc1OC. The van der Waals surface area contributed by atoms with Gasteiger partial charge in [-0.15, -0.1) is 0 Å². The van der Waals surface area contributed by atoms with E-state index in [0.717, 1.165) is 11.1 Å². The van der Waals surface area contributed by atoms with Crippen LogP contribution >= 0.6 is 0 Å². The molecule has 0 aliphatic rings. The molecule has 2 aromatic rings. The third kappa shape index (κ3) is 4.66. The molecule has 0 atom stereocenters. The van der Waals surface area contributed by atoms with Gasteiger partial charge < -0.3 is 20.1 Å². The van der Waals surface area contributed by atoms with Crippen LogP contribution in [0.4, 0.5) is 16.2 Å².